The minimum absolute atomic E-state index is 0.00255. The molecule has 0 bridgehead atoms. The lowest BCUT2D eigenvalue weighted by Gasteiger charge is -2.42. The van der Waals surface area contributed by atoms with Gasteiger partial charge in [-0.2, -0.15) is 0 Å². The SMILES string of the molecule is CC.CC(=O)NC1C(OCCOCCNC(=O)CBr)OC(CO)C(O)C1O.CC(=O)NC1C(OCCOCCNC(=O)CCN2C(=O)C=CC2=O)OC(CO)C(O)C1O.CCN. The second kappa shape index (κ2) is 34.2. The van der Waals surface area contributed by atoms with Crippen molar-refractivity contribution in [3.05, 3.63) is 12.2 Å². The first-order chi connectivity index (χ1) is 29.6. The average molecular weight is 964 g/mol. The molecule has 0 saturated carbocycles. The molecule has 3 aliphatic heterocycles. The van der Waals surface area contributed by atoms with E-state index in [4.69, 9.17) is 34.2 Å². The van der Waals surface area contributed by atoms with Crippen LogP contribution in [0.1, 0.15) is 41.0 Å². The zero-order valence-corrected chi connectivity index (χ0v) is 37.4. The molecule has 3 aliphatic rings. The normalized spacial score (nSPS) is 26.4. The number of hydrogen-bond acceptors (Lipinski definition) is 19. The number of alkyl halides is 1. The van der Waals surface area contributed by atoms with Gasteiger partial charge in [0, 0.05) is 52.1 Å². The van der Waals surface area contributed by atoms with Crippen molar-refractivity contribution in [2.75, 3.05) is 84.4 Å². The molecule has 0 aromatic heterocycles. The molecular weight excluding hydrogens is 896 g/mol. The van der Waals surface area contributed by atoms with Crippen LogP contribution in [0.4, 0.5) is 0 Å². The summed E-state index contributed by atoms with van der Waals surface area (Å²) in [4.78, 5) is 69.2. The number of aliphatic hydroxyl groups is 6. The third kappa shape index (κ3) is 22.4. The predicted molar refractivity (Wildman–Crippen MR) is 221 cm³/mol. The molecule has 3 heterocycles. The van der Waals surface area contributed by atoms with Crippen molar-refractivity contribution < 1.29 is 87.8 Å². The molecular formula is C37H67BrN6O18. The van der Waals surface area contributed by atoms with Crippen molar-refractivity contribution in [3.8, 4) is 0 Å². The zero-order valence-electron chi connectivity index (χ0n) is 35.8. The number of hydrogen-bond donors (Lipinski definition) is 11. The lowest BCUT2D eigenvalue weighted by Crippen LogP contribution is -2.64. The molecule has 360 valence electrons. The van der Waals surface area contributed by atoms with Crippen LogP contribution in [0.25, 0.3) is 0 Å². The van der Waals surface area contributed by atoms with Crippen molar-refractivity contribution in [2.24, 2.45) is 5.73 Å². The Kier molecular flexibility index (Phi) is 32.4. The maximum atomic E-state index is 11.8. The first kappa shape index (κ1) is 58.7. The van der Waals surface area contributed by atoms with Gasteiger partial charge in [-0.15, -0.1) is 0 Å². The minimum Gasteiger partial charge on any atom is -0.394 e. The number of amides is 6. The van der Waals surface area contributed by atoms with Crippen LogP contribution in [-0.4, -0.2) is 217 Å². The number of nitrogens with zero attached hydrogens (tertiary/aromatic N) is 1. The highest BCUT2D eigenvalue weighted by molar-refractivity contribution is 9.09. The lowest BCUT2D eigenvalue weighted by molar-refractivity contribution is -0.272. The van der Waals surface area contributed by atoms with Gasteiger partial charge in [-0.3, -0.25) is 33.7 Å². The van der Waals surface area contributed by atoms with E-state index in [9.17, 15) is 59.4 Å². The van der Waals surface area contributed by atoms with E-state index in [2.05, 4.69) is 37.2 Å². The summed E-state index contributed by atoms with van der Waals surface area (Å²) in [5.41, 5.74) is 4.85. The fraction of sp³-hybridized carbons (Fsp3) is 0.784. The molecule has 25 heteroatoms. The molecule has 12 N–H and O–H groups in total. The second-order valence-electron chi connectivity index (χ2n) is 13.0. The monoisotopic (exact) mass is 962 g/mol. The van der Waals surface area contributed by atoms with Gasteiger partial charge in [0.05, 0.1) is 58.2 Å². The molecule has 0 aromatic carbocycles. The van der Waals surface area contributed by atoms with E-state index in [1.165, 1.54) is 13.8 Å². The van der Waals surface area contributed by atoms with Crippen molar-refractivity contribution >= 4 is 51.4 Å². The number of carbonyl (C=O) groups is 6. The third-order valence-corrected chi connectivity index (χ3v) is 8.75. The summed E-state index contributed by atoms with van der Waals surface area (Å²) in [5, 5.41) is 68.9. The van der Waals surface area contributed by atoms with E-state index in [0.717, 1.165) is 23.6 Å². The molecule has 6 amide bonds. The largest absolute Gasteiger partial charge is 0.394 e. The maximum Gasteiger partial charge on any atom is 0.253 e. The molecule has 2 saturated heterocycles. The minimum atomic E-state index is -1.40. The average Bonchev–Trinajstić information content (AvgIpc) is 3.57. The van der Waals surface area contributed by atoms with Crippen molar-refractivity contribution in [3.63, 3.8) is 0 Å². The van der Waals surface area contributed by atoms with E-state index < -0.39 is 98.1 Å². The molecule has 3 rings (SSSR count). The van der Waals surface area contributed by atoms with Gasteiger partial charge in [-0.05, 0) is 6.54 Å². The summed E-state index contributed by atoms with van der Waals surface area (Å²) < 4.78 is 32.4. The van der Waals surface area contributed by atoms with Gasteiger partial charge >= 0.3 is 0 Å². The smallest absolute Gasteiger partial charge is 0.253 e. The highest BCUT2D eigenvalue weighted by Gasteiger charge is 2.46. The van der Waals surface area contributed by atoms with Crippen LogP contribution in [0.15, 0.2) is 12.2 Å². The lowest BCUT2D eigenvalue weighted by atomic mass is 9.97. The number of carbonyl (C=O) groups excluding carboxylic acids is 6. The summed E-state index contributed by atoms with van der Waals surface area (Å²) in [7, 11) is 0. The summed E-state index contributed by atoms with van der Waals surface area (Å²) in [6, 6.07) is -2.01. The Labute approximate surface area is 369 Å². The highest BCUT2D eigenvalue weighted by Crippen LogP contribution is 2.23. The van der Waals surface area contributed by atoms with E-state index >= 15 is 0 Å². The van der Waals surface area contributed by atoms with Gasteiger partial charge in [-0.1, -0.05) is 36.7 Å². The Balaban J connectivity index is 0.00000111. The number of imide groups is 1. The number of ether oxygens (including phenoxy) is 6. The fourth-order valence-corrected chi connectivity index (χ4v) is 5.60. The first-order valence-corrected chi connectivity index (χ1v) is 21.2. The predicted octanol–water partition coefficient (Wildman–Crippen LogP) is -5.14. The first-order valence-electron chi connectivity index (χ1n) is 20.1. The van der Waals surface area contributed by atoms with Crippen LogP contribution in [0.5, 0.6) is 0 Å². The van der Waals surface area contributed by atoms with Crippen LogP contribution in [-0.2, 0) is 57.2 Å². The molecule has 24 nitrogen and oxygen atoms in total. The second-order valence-corrected chi connectivity index (χ2v) is 13.5. The van der Waals surface area contributed by atoms with Gasteiger partial charge in [0.25, 0.3) is 11.8 Å². The molecule has 62 heavy (non-hydrogen) atoms. The number of nitrogens with one attached hydrogen (secondary N) is 4. The van der Waals surface area contributed by atoms with Gasteiger partial charge in [0.15, 0.2) is 12.6 Å². The topological polar surface area (TPSA) is 357 Å². The van der Waals surface area contributed by atoms with Gasteiger partial charge in [0.1, 0.15) is 48.7 Å². The van der Waals surface area contributed by atoms with E-state index in [1.807, 2.05) is 20.8 Å². The molecule has 0 aliphatic carbocycles. The van der Waals surface area contributed by atoms with Crippen LogP contribution >= 0.6 is 15.9 Å². The Morgan fingerprint density at radius 2 is 1.10 bits per heavy atom. The van der Waals surface area contributed by atoms with Gasteiger partial charge in [0.2, 0.25) is 23.6 Å². The molecule has 0 aromatic rings. The quantitative estimate of drug-likeness (QED) is 0.0275. The van der Waals surface area contributed by atoms with Crippen molar-refractivity contribution in [1.82, 2.24) is 26.2 Å². The molecule has 10 unspecified atom stereocenters. The Bertz CT molecular complexity index is 1340. The van der Waals surface area contributed by atoms with Crippen LogP contribution in [0.2, 0.25) is 0 Å². The fourth-order valence-electron chi connectivity index (χ4n) is 5.40. The van der Waals surface area contributed by atoms with E-state index in [0.29, 0.717) is 13.2 Å². The summed E-state index contributed by atoms with van der Waals surface area (Å²) in [6.45, 7) is 9.53. The van der Waals surface area contributed by atoms with Gasteiger partial charge < -0.3 is 86.1 Å². The van der Waals surface area contributed by atoms with Crippen molar-refractivity contribution in [1.29, 1.82) is 0 Å². The molecule has 2 fully saturated rings. The summed E-state index contributed by atoms with van der Waals surface area (Å²) >= 11 is 3.02. The number of aliphatic hydroxyl groups excluding tert-OH is 6. The molecule has 10 atom stereocenters. The van der Waals surface area contributed by atoms with Crippen LogP contribution < -0.4 is 27.0 Å². The Morgan fingerprint density at radius 1 is 0.710 bits per heavy atom. The van der Waals surface area contributed by atoms with E-state index in [1.54, 1.807) is 0 Å². The standard InChI is InChI=1S/C19H29N3O10.C14H25BrN2O8.C2H7N.C2H6/c1-11(24)21-16-18(29)17(28)12(10-23)32-19(16)31-9-8-30-7-5-20-13(25)4-6-22-14(26)2-3-15(22)27;1-8(19)17-11-13(22)12(21)9(7-18)25-14(11)24-5-4-23-3-2-16-10(20)6-15;1-2-3;1-2/h2-3,12,16-19,23,28-29H,4-10H2,1H3,(H,20,25)(H,21,24);9,11-14,18,21-22H,2-7H2,1H3,(H,16,20)(H,17,19);2-3H2,1H3;1-2H3. The number of halogens is 1. The number of rotatable bonds is 22. The Hall–Kier alpha value is -3.28. The summed E-state index contributed by atoms with van der Waals surface area (Å²) in [5.74, 6) is -2.25. The molecule has 0 radical (unpaired) electrons. The Morgan fingerprint density at radius 3 is 1.45 bits per heavy atom. The zero-order chi connectivity index (χ0) is 47.2. The van der Waals surface area contributed by atoms with Gasteiger partial charge in [-0.25, -0.2) is 0 Å². The maximum absolute atomic E-state index is 11.8. The molecule has 0 spiro atoms. The number of nitrogens with two attached hydrogens (primary N) is 1. The highest BCUT2D eigenvalue weighted by atomic mass is 79.9. The van der Waals surface area contributed by atoms with Crippen LogP contribution in [0, 0.1) is 0 Å². The van der Waals surface area contributed by atoms with Crippen LogP contribution in [0.3, 0.4) is 0 Å². The summed E-state index contributed by atoms with van der Waals surface area (Å²) in [6.07, 6.45) is -7.45. The van der Waals surface area contributed by atoms with Crippen molar-refractivity contribution in [2.45, 2.75) is 102 Å². The third-order valence-electron chi connectivity index (χ3n) is 8.24. The van der Waals surface area contributed by atoms with E-state index in [-0.39, 0.29) is 69.7 Å².